The first kappa shape index (κ1) is 11.9. The molecule has 12 heavy (non-hydrogen) atoms. The first-order valence-corrected chi connectivity index (χ1v) is 4.75. The molecular weight excluding hydrogens is 152 g/mol. The van der Waals surface area contributed by atoms with E-state index in [-0.39, 0.29) is 11.7 Å². The standard InChI is InChI=1S/C10H22O2/c1-5-9(11)7-6-8-10(2,3)12-4/h9,11H,5-8H2,1-4H3. The Morgan fingerprint density at radius 2 is 2.00 bits per heavy atom. The molecule has 74 valence electrons. The lowest BCUT2D eigenvalue weighted by Gasteiger charge is -2.23. The van der Waals surface area contributed by atoms with Gasteiger partial charge in [-0.25, -0.2) is 0 Å². The first-order valence-electron chi connectivity index (χ1n) is 4.75. The van der Waals surface area contributed by atoms with Gasteiger partial charge >= 0.3 is 0 Å². The van der Waals surface area contributed by atoms with Crippen LogP contribution in [0.4, 0.5) is 0 Å². The van der Waals surface area contributed by atoms with Crippen molar-refractivity contribution in [3.63, 3.8) is 0 Å². The fourth-order valence-corrected chi connectivity index (χ4v) is 1.07. The summed E-state index contributed by atoms with van der Waals surface area (Å²) in [5.74, 6) is 0. The van der Waals surface area contributed by atoms with Crippen LogP contribution in [0, 0.1) is 0 Å². The van der Waals surface area contributed by atoms with Gasteiger partial charge in [0, 0.05) is 7.11 Å². The predicted octanol–water partition coefficient (Wildman–Crippen LogP) is 2.35. The molecule has 0 saturated carbocycles. The molecule has 0 saturated heterocycles. The van der Waals surface area contributed by atoms with Crippen molar-refractivity contribution in [1.82, 2.24) is 0 Å². The zero-order valence-corrected chi connectivity index (χ0v) is 8.76. The maximum atomic E-state index is 9.29. The fourth-order valence-electron chi connectivity index (χ4n) is 1.07. The maximum Gasteiger partial charge on any atom is 0.0622 e. The summed E-state index contributed by atoms with van der Waals surface area (Å²) in [5.41, 5.74) is -0.0343. The molecule has 1 N–H and O–H groups in total. The van der Waals surface area contributed by atoms with Gasteiger partial charge in [-0.1, -0.05) is 6.92 Å². The van der Waals surface area contributed by atoms with E-state index in [1.165, 1.54) is 0 Å². The van der Waals surface area contributed by atoms with Gasteiger partial charge in [0.1, 0.15) is 0 Å². The number of aliphatic hydroxyl groups excluding tert-OH is 1. The first-order chi connectivity index (χ1) is 5.52. The van der Waals surface area contributed by atoms with E-state index in [1.54, 1.807) is 7.11 Å². The third-order valence-corrected chi connectivity index (χ3v) is 2.34. The van der Waals surface area contributed by atoms with Crippen molar-refractivity contribution in [1.29, 1.82) is 0 Å². The summed E-state index contributed by atoms with van der Waals surface area (Å²) < 4.78 is 5.27. The Bertz CT molecular complexity index is 110. The molecule has 0 aliphatic rings. The van der Waals surface area contributed by atoms with Crippen LogP contribution in [0.5, 0.6) is 0 Å². The third-order valence-electron chi connectivity index (χ3n) is 2.34. The number of aliphatic hydroxyl groups is 1. The lowest BCUT2D eigenvalue weighted by atomic mass is 9.99. The van der Waals surface area contributed by atoms with Crippen LogP contribution in [0.25, 0.3) is 0 Å². The Labute approximate surface area is 75.9 Å². The second-order valence-electron chi connectivity index (χ2n) is 3.92. The minimum absolute atomic E-state index is 0.0343. The predicted molar refractivity (Wildman–Crippen MR) is 51.2 cm³/mol. The van der Waals surface area contributed by atoms with Crippen molar-refractivity contribution in [3.05, 3.63) is 0 Å². The van der Waals surface area contributed by atoms with Gasteiger partial charge in [-0.05, 0) is 39.5 Å². The quantitative estimate of drug-likeness (QED) is 0.669. The van der Waals surface area contributed by atoms with Crippen LogP contribution in [0.1, 0.15) is 46.5 Å². The van der Waals surface area contributed by atoms with Crippen molar-refractivity contribution in [3.8, 4) is 0 Å². The molecule has 1 atom stereocenters. The summed E-state index contributed by atoms with van der Waals surface area (Å²) in [6, 6.07) is 0. The second kappa shape index (κ2) is 5.55. The van der Waals surface area contributed by atoms with Crippen LogP contribution in [0.2, 0.25) is 0 Å². The molecule has 0 bridgehead atoms. The topological polar surface area (TPSA) is 29.5 Å². The third kappa shape index (κ3) is 5.56. The zero-order valence-electron chi connectivity index (χ0n) is 8.76. The van der Waals surface area contributed by atoms with Crippen molar-refractivity contribution in [2.24, 2.45) is 0 Å². The molecular formula is C10H22O2. The van der Waals surface area contributed by atoms with Gasteiger partial charge in [0.2, 0.25) is 0 Å². The molecule has 0 rings (SSSR count). The summed E-state index contributed by atoms with van der Waals surface area (Å²) in [4.78, 5) is 0. The van der Waals surface area contributed by atoms with Crippen LogP contribution < -0.4 is 0 Å². The lowest BCUT2D eigenvalue weighted by Crippen LogP contribution is -2.22. The average molecular weight is 174 g/mol. The summed E-state index contributed by atoms with van der Waals surface area (Å²) in [7, 11) is 1.73. The van der Waals surface area contributed by atoms with Crippen LogP contribution in [-0.4, -0.2) is 23.9 Å². The highest BCUT2D eigenvalue weighted by Crippen LogP contribution is 2.17. The van der Waals surface area contributed by atoms with E-state index in [0.717, 1.165) is 25.7 Å². The van der Waals surface area contributed by atoms with Crippen molar-refractivity contribution >= 4 is 0 Å². The SMILES string of the molecule is CCC(O)CCCC(C)(C)OC. The molecule has 0 spiro atoms. The Hall–Kier alpha value is -0.0800. The highest BCUT2D eigenvalue weighted by atomic mass is 16.5. The summed E-state index contributed by atoms with van der Waals surface area (Å²) in [5, 5.41) is 9.29. The summed E-state index contributed by atoms with van der Waals surface area (Å²) in [6.45, 7) is 6.16. The normalized spacial score (nSPS) is 14.8. The van der Waals surface area contributed by atoms with E-state index in [0.29, 0.717) is 0 Å². The van der Waals surface area contributed by atoms with Crippen LogP contribution in [0.3, 0.4) is 0 Å². The maximum absolute atomic E-state index is 9.29. The number of rotatable bonds is 6. The zero-order chi connectivity index (χ0) is 9.61. The molecule has 0 fully saturated rings. The number of ether oxygens (including phenoxy) is 1. The smallest absolute Gasteiger partial charge is 0.0622 e. The lowest BCUT2D eigenvalue weighted by molar-refractivity contribution is 0.0106. The van der Waals surface area contributed by atoms with E-state index >= 15 is 0 Å². The molecule has 0 amide bonds. The van der Waals surface area contributed by atoms with Gasteiger partial charge in [0.15, 0.2) is 0 Å². The molecule has 0 aliphatic heterocycles. The summed E-state index contributed by atoms with van der Waals surface area (Å²) in [6.07, 6.45) is 3.67. The molecule has 1 unspecified atom stereocenters. The highest BCUT2D eigenvalue weighted by Gasteiger charge is 2.15. The van der Waals surface area contributed by atoms with E-state index < -0.39 is 0 Å². The Morgan fingerprint density at radius 3 is 2.42 bits per heavy atom. The highest BCUT2D eigenvalue weighted by molar-refractivity contribution is 4.68. The molecule has 0 heterocycles. The number of hydrogen-bond donors (Lipinski definition) is 1. The van der Waals surface area contributed by atoms with Crippen molar-refractivity contribution in [2.45, 2.75) is 58.2 Å². The Morgan fingerprint density at radius 1 is 1.42 bits per heavy atom. The van der Waals surface area contributed by atoms with Gasteiger partial charge < -0.3 is 9.84 Å². The Kier molecular flexibility index (Phi) is 5.51. The van der Waals surface area contributed by atoms with Crippen LogP contribution >= 0.6 is 0 Å². The monoisotopic (exact) mass is 174 g/mol. The van der Waals surface area contributed by atoms with Crippen molar-refractivity contribution < 1.29 is 9.84 Å². The Balaban J connectivity index is 3.42. The van der Waals surface area contributed by atoms with Gasteiger partial charge in [-0.3, -0.25) is 0 Å². The molecule has 0 aromatic rings. The fraction of sp³-hybridized carbons (Fsp3) is 1.00. The minimum Gasteiger partial charge on any atom is -0.393 e. The van der Waals surface area contributed by atoms with Gasteiger partial charge in [-0.2, -0.15) is 0 Å². The van der Waals surface area contributed by atoms with Crippen LogP contribution in [0.15, 0.2) is 0 Å². The van der Waals surface area contributed by atoms with E-state index in [9.17, 15) is 5.11 Å². The second-order valence-corrected chi connectivity index (χ2v) is 3.92. The number of hydrogen-bond acceptors (Lipinski definition) is 2. The molecule has 2 heteroatoms. The molecule has 0 aromatic carbocycles. The molecule has 0 aliphatic carbocycles. The van der Waals surface area contributed by atoms with E-state index in [2.05, 4.69) is 13.8 Å². The largest absolute Gasteiger partial charge is 0.393 e. The van der Waals surface area contributed by atoms with E-state index in [4.69, 9.17) is 4.74 Å². The minimum atomic E-state index is -0.127. The van der Waals surface area contributed by atoms with E-state index in [1.807, 2.05) is 6.92 Å². The van der Waals surface area contributed by atoms with Gasteiger partial charge in [0.25, 0.3) is 0 Å². The molecule has 0 aromatic heterocycles. The van der Waals surface area contributed by atoms with Crippen LogP contribution in [-0.2, 0) is 4.74 Å². The summed E-state index contributed by atoms with van der Waals surface area (Å²) >= 11 is 0. The number of methoxy groups -OCH3 is 1. The molecule has 0 radical (unpaired) electrons. The van der Waals surface area contributed by atoms with Gasteiger partial charge in [0.05, 0.1) is 11.7 Å². The average Bonchev–Trinajstić information content (AvgIpc) is 2.04. The molecule has 2 nitrogen and oxygen atoms in total. The van der Waals surface area contributed by atoms with Gasteiger partial charge in [-0.15, -0.1) is 0 Å². The van der Waals surface area contributed by atoms with Crippen molar-refractivity contribution in [2.75, 3.05) is 7.11 Å².